The topological polar surface area (TPSA) is 53.1 Å². The smallest absolute Gasteiger partial charge is 0.133 e. The molecule has 0 bridgehead atoms. The molecule has 1 unspecified atom stereocenters. The van der Waals surface area contributed by atoms with Gasteiger partial charge in [-0.25, -0.2) is 9.97 Å². The molecule has 0 radical (unpaired) electrons. The summed E-state index contributed by atoms with van der Waals surface area (Å²) in [4.78, 5) is 10.6. The summed E-state index contributed by atoms with van der Waals surface area (Å²) in [6.07, 6.45) is 6.77. The highest BCUT2D eigenvalue weighted by atomic mass is 15.2. The fourth-order valence-electron chi connectivity index (χ4n) is 2.33. The average molecular weight is 249 g/mol. The predicted octanol–water partition coefficient (Wildman–Crippen LogP) is 1.49. The molecule has 5 heteroatoms. The molecule has 0 saturated carbocycles. The molecule has 1 fully saturated rings. The van der Waals surface area contributed by atoms with Gasteiger partial charge in [0.05, 0.1) is 0 Å². The SMILES string of the molecule is CNc1cc(N(C)CCC2CCCCN2)ncn1. The summed E-state index contributed by atoms with van der Waals surface area (Å²) in [7, 11) is 3.96. The van der Waals surface area contributed by atoms with Gasteiger partial charge in [-0.2, -0.15) is 0 Å². The van der Waals surface area contributed by atoms with Crippen LogP contribution in [0.5, 0.6) is 0 Å². The van der Waals surface area contributed by atoms with Gasteiger partial charge in [0, 0.05) is 32.7 Å². The van der Waals surface area contributed by atoms with E-state index in [2.05, 4.69) is 32.5 Å². The van der Waals surface area contributed by atoms with E-state index in [9.17, 15) is 0 Å². The van der Waals surface area contributed by atoms with Crippen LogP contribution in [0.25, 0.3) is 0 Å². The van der Waals surface area contributed by atoms with Gasteiger partial charge in [0.15, 0.2) is 0 Å². The molecule has 2 N–H and O–H groups in total. The van der Waals surface area contributed by atoms with E-state index in [1.54, 1.807) is 6.33 Å². The molecule has 0 amide bonds. The third-order valence-electron chi connectivity index (χ3n) is 3.53. The highest BCUT2D eigenvalue weighted by molar-refractivity contribution is 5.47. The Hall–Kier alpha value is -1.36. The standard InChI is InChI=1S/C13H23N5/c1-14-12-9-13(17-10-16-12)18(2)8-6-11-5-3-4-7-15-11/h9-11,15H,3-8H2,1-2H3,(H,14,16,17). The molecule has 1 atom stereocenters. The van der Waals surface area contributed by atoms with E-state index in [-0.39, 0.29) is 0 Å². The summed E-state index contributed by atoms with van der Waals surface area (Å²) < 4.78 is 0. The van der Waals surface area contributed by atoms with Crippen molar-refractivity contribution in [1.82, 2.24) is 15.3 Å². The van der Waals surface area contributed by atoms with Crippen LogP contribution in [-0.2, 0) is 0 Å². The Morgan fingerprint density at radius 2 is 2.33 bits per heavy atom. The second-order valence-corrected chi connectivity index (χ2v) is 4.87. The van der Waals surface area contributed by atoms with Gasteiger partial charge in [0.25, 0.3) is 0 Å². The van der Waals surface area contributed by atoms with Crippen LogP contribution in [0, 0.1) is 0 Å². The van der Waals surface area contributed by atoms with Gasteiger partial charge in [-0.05, 0) is 25.8 Å². The van der Waals surface area contributed by atoms with Crippen LogP contribution < -0.4 is 15.5 Å². The van der Waals surface area contributed by atoms with E-state index in [0.29, 0.717) is 6.04 Å². The van der Waals surface area contributed by atoms with Crippen molar-refractivity contribution in [2.24, 2.45) is 0 Å². The molecular formula is C13H23N5. The van der Waals surface area contributed by atoms with Crippen molar-refractivity contribution in [2.45, 2.75) is 31.7 Å². The van der Waals surface area contributed by atoms with Gasteiger partial charge in [-0.1, -0.05) is 6.42 Å². The second-order valence-electron chi connectivity index (χ2n) is 4.87. The van der Waals surface area contributed by atoms with Gasteiger partial charge in [-0.3, -0.25) is 0 Å². The molecule has 1 aromatic heterocycles. The lowest BCUT2D eigenvalue weighted by Crippen LogP contribution is -2.36. The maximum Gasteiger partial charge on any atom is 0.133 e. The lowest BCUT2D eigenvalue weighted by atomic mass is 10.0. The largest absolute Gasteiger partial charge is 0.373 e. The van der Waals surface area contributed by atoms with Crippen molar-refractivity contribution in [3.05, 3.63) is 12.4 Å². The average Bonchev–Trinajstić information content (AvgIpc) is 2.46. The highest BCUT2D eigenvalue weighted by Crippen LogP contribution is 2.15. The molecule has 5 nitrogen and oxygen atoms in total. The number of anilines is 2. The van der Waals surface area contributed by atoms with E-state index < -0.39 is 0 Å². The molecule has 0 spiro atoms. The van der Waals surface area contributed by atoms with Crippen molar-refractivity contribution >= 4 is 11.6 Å². The fourth-order valence-corrected chi connectivity index (χ4v) is 2.33. The van der Waals surface area contributed by atoms with E-state index in [1.165, 1.54) is 32.2 Å². The number of hydrogen-bond acceptors (Lipinski definition) is 5. The molecule has 100 valence electrons. The van der Waals surface area contributed by atoms with Crippen LogP contribution in [0.3, 0.4) is 0 Å². The van der Waals surface area contributed by atoms with Gasteiger partial charge in [0.2, 0.25) is 0 Å². The van der Waals surface area contributed by atoms with Crippen molar-refractivity contribution in [3.63, 3.8) is 0 Å². The van der Waals surface area contributed by atoms with Crippen LogP contribution in [0.1, 0.15) is 25.7 Å². The summed E-state index contributed by atoms with van der Waals surface area (Å²) in [6.45, 7) is 2.20. The number of hydrogen-bond donors (Lipinski definition) is 2. The summed E-state index contributed by atoms with van der Waals surface area (Å²) in [5.74, 6) is 1.84. The van der Waals surface area contributed by atoms with Crippen LogP contribution >= 0.6 is 0 Å². The number of nitrogens with one attached hydrogen (secondary N) is 2. The first-order valence-corrected chi connectivity index (χ1v) is 6.74. The van der Waals surface area contributed by atoms with Crippen LogP contribution in [0.4, 0.5) is 11.6 Å². The third-order valence-corrected chi connectivity index (χ3v) is 3.53. The molecule has 0 aromatic carbocycles. The Labute approximate surface area is 109 Å². The monoisotopic (exact) mass is 249 g/mol. The Bertz CT molecular complexity index is 362. The molecule has 1 aromatic rings. The first-order valence-electron chi connectivity index (χ1n) is 6.74. The van der Waals surface area contributed by atoms with E-state index in [0.717, 1.165) is 18.2 Å². The second kappa shape index (κ2) is 6.54. The third kappa shape index (κ3) is 3.57. The van der Waals surface area contributed by atoms with E-state index in [1.807, 2.05) is 13.1 Å². The zero-order chi connectivity index (χ0) is 12.8. The minimum absolute atomic E-state index is 0.673. The maximum absolute atomic E-state index is 4.31. The number of piperidine rings is 1. The van der Waals surface area contributed by atoms with E-state index in [4.69, 9.17) is 0 Å². The Morgan fingerprint density at radius 3 is 3.06 bits per heavy atom. The predicted molar refractivity (Wildman–Crippen MR) is 75.1 cm³/mol. The molecule has 18 heavy (non-hydrogen) atoms. The first kappa shape index (κ1) is 13.1. The van der Waals surface area contributed by atoms with Crippen molar-refractivity contribution in [2.75, 3.05) is 37.4 Å². The Kier molecular flexibility index (Phi) is 4.75. The fraction of sp³-hybridized carbons (Fsp3) is 0.692. The molecule has 0 aliphatic carbocycles. The van der Waals surface area contributed by atoms with Crippen molar-refractivity contribution in [1.29, 1.82) is 0 Å². The molecule has 2 heterocycles. The summed E-state index contributed by atoms with van der Waals surface area (Å²) in [5, 5.41) is 6.61. The van der Waals surface area contributed by atoms with Crippen molar-refractivity contribution < 1.29 is 0 Å². The minimum atomic E-state index is 0.673. The van der Waals surface area contributed by atoms with Gasteiger partial charge in [0.1, 0.15) is 18.0 Å². The lowest BCUT2D eigenvalue weighted by molar-refractivity contribution is 0.384. The van der Waals surface area contributed by atoms with Crippen LogP contribution in [0.15, 0.2) is 12.4 Å². The highest BCUT2D eigenvalue weighted by Gasteiger charge is 2.13. The zero-order valence-corrected chi connectivity index (χ0v) is 11.3. The van der Waals surface area contributed by atoms with Gasteiger partial charge in [-0.15, -0.1) is 0 Å². The Balaban J connectivity index is 1.84. The molecule has 1 saturated heterocycles. The number of aromatic nitrogens is 2. The number of nitrogens with zero attached hydrogens (tertiary/aromatic N) is 3. The molecule has 1 aliphatic heterocycles. The Morgan fingerprint density at radius 1 is 1.44 bits per heavy atom. The zero-order valence-electron chi connectivity index (χ0n) is 11.3. The summed E-state index contributed by atoms with van der Waals surface area (Å²) in [5.41, 5.74) is 0. The number of rotatable bonds is 5. The lowest BCUT2D eigenvalue weighted by Gasteiger charge is -2.26. The van der Waals surface area contributed by atoms with E-state index >= 15 is 0 Å². The maximum atomic E-state index is 4.31. The first-order chi connectivity index (χ1) is 8.79. The normalized spacial score (nSPS) is 19.6. The van der Waals surface area contributed by atoms with Crippen LogP contribution in [0.2, 0.25) is 0 Å². The summed E-state index contributed by atoms with van der Waals surface area (Å²) in [6, 6.07) is 2.65. The molecule has 2 rings (SSSR count). The molecular weight excluding hydrogens is 226 g/mol. The van der Waals surface area contributed by atoms with Gasteiger partial charge >= 0.3 is 0 Å². The minimum Gasteiger partial charge on any atom is -0.373 e. The molecule has 1 aliphatic rings. The van der Waals surface area contributed by atoms with Gasteiger partial charge < -0.3 is 15.5 Å². The van der Waals surface area contributed by atoms with Crippen molar-refractivity contribution in [3.8, 4) is 0 Å². The van der Waals surface area contributed by atoms with Crippen LogP contribution in [-0.4, -0.2) is 43.2 Å². The summed E-state index contributed by atoms with van der Waals surface area (Å²) >= 11 is 0. The quantitative estimate of drug-likeness (QED) is 0.828.